The predicted octanol–water partition coefficient (Wildman–Crippen LogP) is 24.8. The first-order chi connectivity index (χ1) is 41.0. The summed E-state index contributed by atoms with van der Waals surface area (Å²) in [5.74, 6) is -0.902. The minimum atomic E-state index is -0.792. The minimum Gasteiger partial charge on any atom is -0.462 e. The van der Waals surface area contributed by atoms with Gasteiger partial charge in [0.25, 0.3) is 0 Å². The highest BCUT2D eigenvalue weighted by atomic mass is 16.6. The molecule has 1 unspecified atom stereocenters. The molecule has 0 saturated heterocycles. The average molecular weight is 1160 g/mol. The number of hydrogen-bond acceptors (Lipinski definition) is 6. The van der Waals surface area contributed by atoms with Gasteiger partial charge >= 0.3 is 17.9 Å². The van der Waals surface area contributed by atoms with E-state index in [1.807, 2.05) is 0 Å². The first-order valence-electron chi connectivity index (χ1n) is 35.7. The van der Waals surface area contributed by atoms with Crippen LogP contribution in [0.15, 0.2) is 97.2 Å². The van der Waals surface area contributed by atoms with Gasteiger partial charge in [0.2, 0.25) is 0 Å². The van der Waals surface area contributed by atoms with E-state index >= 15 is 0 Å². The van der Waals surface area contributed by atoms with E-state index in [0.29, 0.717) is 19.3 Å². The molecule has 6 heteroatoms. The lowest BCUT2D eigenvalue weighted by atomic mass is 10.0. The van der Waals surface area contributed by atoms with Gasteiger partial charge in [0.05, 0.1) is 0 Å². The van der Waals surface area contributed by atoms with E-state index in [4.69, 9.17) is 14.2 Å². The van der Waals surface area contributed by atoms with Crippen molar-refractivity contribution in [2.75, 3.05) is 13.2 Å². The van der Waals surface area contributed by atoms with E-state index in [-0.39, 0.29) is 31.1 Å². The second-order valence-corrected chi connectivity index (χ2v) is 23.8. The second-order valence-electron chi connectivity index (χ2n) is 23.8. The summed E-state index contributed by atoms with van der Waals surface area (Å²) in [7, 11) is 0. The number of ether oxygens (including phenoxy) is 3. The maximum atomic E-state index is 12.9. The Balaban J connectivity index is 4.21. The molecule has 0 N–H and O–H groups in total. The van der Waals surface area contributed by atoms with Crippen LogP contribution in [-0.2, 0) is 28.6 Å². The average Bonchev–Trinajstić information content (AvgIpc) is 3.48. The van der Waals surface area contributed by atoms with Crippen molar-refractivity contribution in [3.8, 4) is 0 Å². The van der Waals surface area contributed by atoms with Gasteiger partial charge in [-0.1, -0.05) is 336 Å². The van der Waals surface area contributed by atoms with Crippen molar-refractivity contribution in [2.45, 2.75) is 361 Å². The molecule has 0 saturated carbocycles. The third-order valence-electron chi connectivity index (χ3n) is 15.6. The summed E-state index contributed by atoms with van der Waals surface area (Å²) >= 11 is 0. The SMILES string of the molecule is CC/C=C\C/C=C\C/C=C\C/C=C\C/C=C\C/C=C\C/C=C\CCCCCCCC(=O)OC(COC(=O)CCCCCCC/C=C\CCC)COC(=O)CCCCCCCCCCCCCCCCCCCCCCCCCCCCCC. The van der Waals surface area contributed by atoms with Crippen LogP contribution < -0.4 is 0 Å². The quantitative estimate of drug-likeness (QED) is 0.0261. The summed E-state index contributed by atoms with van der Waals surface area (Å²) in [4.78, 5) is 38.3. The Morgan fingerprint density at radius 3 is 0.795 bits per heavy atom. The maximum Gasteiger partial charge on any atom is 0.306 e. The highest BCUT2D eigenvalue weighted by Gasteiger charge is 2.19. The molecule has 0 aromatic carbocycles. The number of rotatable bonds is 65. The lowest BCUT2D eigenvalue weighted by Gasteiger charge is -2.18. The summed E-state index contributed by atoms with van der Waals surface area (Å²) in [6, 6.07) is 0. The first kappa shape index (κ1) is 79.3. The number of carbonyl (C=O) groups is 3. The van der Waals surface area contributed by atoms with Crippen molar-refractivity contribution in [3.63, 3.8) is 0 Å². The smallest absolute Gasteiger partial charge is 0.306 e. The van der Waals surface area contributed by atoms with Gasteiger partial charge in [-0.3, -0.25) is 14.4 Å². The summed E-state index contributed by atoms with van der Waals surface area (Å²) in [6.07, 6.45) is 96.0. The third-order valence-corrected chi connectivity index (χ3v) is 15.6. The van der Waals surface area contributed by atoms with Crippen molar-refractivity contribution in [3.05, 3.63) is 97.2 Å². The van der Waals surface area contributed by atoms with Crippen LogP contribution in [0.1, 0.15) is 355 Å². The molecule has 0 aliphatic rings. The Bertz CT molecular complexity index is 1610. The van der Waals surface area contributed by atoms with E-state index in [1.54, 1.807) is 0 Å². The molecule has 0 heterocycles. The number of unbranched alkanes of at least 4 members (excludes halogenated alkanes) is 38. The van der Waals surface area contributed by atoms with Gasteiger partial charge in [0.15, 0.2) is 6.10 Å². The van der Waals surface area contributed by atoms with Gasteiger partial charge in [-0.05, 0) is 96.3 Å². The van der Waals surface area contributed by atoms with E-state index in [0.717, 1.165) is 141 Å². The molecule has 6 nitrogen and oxygen atoms in total. The molecule has 83 heavy (non-hydrogen) atoms. The highest BCUT2D eigenvalue weighted by Crippen LogP contribution is 2.18. The highest BCUT2D eigenvalue weighted by molar-refractivity contribution is 5.71. The van der Waals surface area contributed by atoms with Crippen LogP contribution in [0.4, 0.5) is 0 Å². The van der Waals surface area contributed by atoms with Crippen LogP contribution in [0.5, 0.6) is 0 Å². The van der Waals surface area contributed by atoms with Crippen molar-refractivity contribution in [2.24, 2.45) is 0 Å². The molecule has 0 aromatic rings. The molecule has 1 atom stereocenters. The van der Waals surface area contributed by atoms with Gasteiger partial charge in [-0.2, -0.15) is 0 Å². The summed E-state index contributed by atoms with van der Waals surface area (Å²) in [6.45, 7) is 6.48. The van der Waals surface area contributed by atoms with Gasteiger partial charge in [-0.15, -0.1) is 0 Å². The third kappa shape index (κ3) is 69.0. The summed E-state index contributed by atoms with van der Waals surface area (Å²) in [5, 5.41) is 0. The Morgan fingerprint density at radius 2 is 0.494 bits per heavy atom. The molecule has 0 bridgehead atoms. The first-order valence-corrected chi connectivity index (χ1v) is 35.7. The van der Waals surface area contributed by atoms with Crippen molar-refractivity contribution < 1.29 is 28.6 Å². The number of carbonyl (C=O) groups excluding carboxylic acids is 3. The van der Waals surface area contributed by atoms with Crippen LogP contribution in [0, 0.1) is 0 Å². The normalized spacial score (nSPS) is 12.7. The molecule has 0 radical (unpaired) electrons. The van der Waals surface area contributed by atoms with E-state index < -0.39 is 6.10 Å². The van der Waals surface area contributed by atoms with Gasteiger partial charge in [-0.25, -0.2) is 0 Å². The fourth-order valence-electron chi connectivity index (χ4n) is 10.3. The van der Waals surface area contributed by atoms with Crippen molar-refractivity contribution in [1.29, 1.82) is 0 Å². The van der Waals surface area contributed by atoms with E-state index in [9.17, 15) is 14.4 Å². The van der Waals surface area contributed by atoms with E-state index in [1.165, 1.54) is 173 Å². The molecule has 0 aliphatic heterocycles. The zero-order chi connectivity index (χ0) is 59.9. The molecule has 0 rings (SSSR count). The summed E-state index contributed by atoms with van der Waals surface area (Å²) < 4.78 is 16.9. The number of esters is 3. The zero-order valence-electron chi connectivity index (χ0n) is 54.9. The molecule has 0 aliphatic carbocycles. The number of allylic oxidation sites excluding steroid dienone is 16. The molecular formula is C77H134O6. The van der Waals surface area contributed by atoms with Crippen LogP contribution in [0.25, 0.3) is 0 Å². The lowest BCUT2D eigenvalue weighted by Crippen LogP contribution is -2.30. The topological polar surface area (TPSA) is 78.9 Å². The Hall–Kier alpha value is -3.67. The Morgan fingerprint density at radius 1 is 0.253 bits per heavy atom. The van der Waals surface area contributed by atoms with Gasteiger partial charge < -0.3 is 14.2 Å². The standard InChI is InChI=1S/C77H134O6/c1-4-7-10-13-16-19-22-24-26-28-30-32-34-36-38-40-41-43-45-47-49-51-53-55-58-61-64-67-70-76(79)82-73-74(72-81-75(78)69-66-63-60-57-21-18-15-12-9-6-3)83-77(80)71-68-65-62-59-56-54-52-50-48-46-44-42-39-37-35-33-31-29-27-25-23-20-17-14-11-8-5-2/h8,11-12,15,17,20,25,27,31,33,37,39,44,46,50,52,74H,4-7,9-10,13-14,16,18-19,21-24,26,28-30,32,34-36,38,40-43,45,47-49,51,53-73H2,1-3H3/b11-8-,15-12-,20-17-,27-25-,33-31-,39-37-,46-44-,52-50-. The van der Waals surface area contributed by atoms with Gasteiger partial charge in [0.1, 0.15) is 13.2 Å². The molecular weight excluding hydrogens is 1020 g/mol. The van der Waals surface area contributed by atoms with Crippen molar-refractivity contribution >= 4 is 17.9 Å². The maximum absolute atomic E-state index is 12.9. The summed E-state index contributed by atoms with van der Waals surface area (Å²) in [5.41, 5.74) is 0. The largest absolute Gasteiger partial charge is 0.462 e. The van der Waals surface area contributed by atoms with Crippen LogP contribution in [0.3, 0.4) is 0 Å². The Kier molecular flexibility index (Phi) is 67.7. The van der Waals surface area contributed by atoms with Gasteiger partial charge in [0, 0.05) is 19.3 Å². The molecule has 0 amide bonds. The fourth-order valence-corrected chi connectivity index (χ4v) is 10.3. The Labute approximate surface area is 515 Å². The molecule has 478 valence electrons. The molecule has 0 aromatic heterocycles. The van der Waals surface area contributed by atoms with E-state index in [2.05, 4.69) is 118 Å². The van der Waals surface area contributed by atoms with Crippen molar-refractivity contribution in [1.82, 2.24) is 0 Å². The second kappa shape index (κ2) is 70.8. The predicted molar refractivity (Wildman–Crippen MR) is 362 cm³/mol. The molecule has 0 fully saturated rings. The lowest BCUT2D eigenvalue weighted by molar-refractivity contribution is -0.167. The van der Waals surface area contributed by atoms with Crippen LogP contribution in [0.2, 0.25) is 0 Å². The monoisotopic (exact) mass is 1160 g/mol. The van der Waals surface area contributed by atoms with Crippen LogP contribution >= 0.6 is 0 Å². The molecule has 0 spiro atoms. The fraction of sp³-hybridized carbons (Fsp3) is 0.753. The zero-order valence-corrected chi connectivity index (χ0v) is 54.9. The number of hydrogen-bond donors (Lipinski definition) is 0. The van der Waals surface area contributed by atoms with Crippen LogP contribution in [-0.4, -0.2) is 37.2 Å². The minimum absolute atomic E-state index is 0.0856.